The van der Waals surface area contributed by atoms with Crippen LogP contribution < -0.4 is 5.32 Å². The van der Waals surface area contributed by atoms with Gasteiger partial charge in [-0.1, -0.05) is 35.3 Å². The molecule has 0 spiro atoms. The number of aryl methyl sites for hydroxylation is 2. The van der Waals surface area contributed by atoms with Gasteiger partial charge >= 0.3 is 0 Å². The summed E-state index contributed by atoms with van der Waals surface area (Å²) in [6.45, 7) is 0.230. The monoisotopic (exact) mass is 411 g/mol. The maximum atomic E-state index is 12.5. The maximum absolute atomic E-state index is 12.5. The normalized spacial score (nSPS) is 13.5. The van der Waals surface area contributed by atoms with E-state index < -0.39 is 9.84 Å². The number of carbonyl (C=O) groups excluding carboxylic acids is 1. The number of rotatable bonds is 6. The van der Waals surface area contributed by atoms with Crippen LogP contribution in [0.15, 0.2) is 41.3 Å². The van der Waals surface area contributed by atoms with E-state index in [2.05, 4.69) is 5.32 Å². The summed E-state index contributed by atoms with van der Waals surface area (Å²) in [7, 11) is -3.48. The Morgan fingerprint density at radius 2 is 1.81 bits per heavy atom. The Balaban J connectivity index is 1.56. The van der Waals surface area contributed by atoms with Gasteiger partial charge in [0, 0.05) is 23.0 Å². The van der Waals surface area contributed by atoms with Gasteiger partial charge in [-0.15, -0.1) is 0 Å². The van der Waals surface area contributed by atoms with Crippen molar-refractivity contribution < 1.29 is 13.2 Å². The highest BCUT2D eigenvalue weighted by molar-refractivity contribution is 7.91. The molecule has 3 rings (SSSR count). The molecule has 0 bridgehead atoms. The number of halogens is 2. The van der Waals surface area contributed by atoms with Crippen molar-refractivity contribution in [2.75, 3.05) is 5.75 Å². The van der Waals surface area contributed by atoms with Crippen molar-refractivity contribution in [3.05, 3.63) is 63.1 Å². The smallest absolute Gasteiger partial charge is 0.221 e. The zero-order chi connectivity index (χ0) is 18.7. The molecular weight excluding hydrogens is 393 g/mol. The number of benzene rings is 2. The first kappa shape index (κ1) is 19.2. The van der Waals surface area contributed by atoms with Gasteiger partial charge in [-0.3, -0.25) is 4.79 Å². The van der Waals surface area contributed by atoms with Crippen LogP contribution in [0, 0.1) is 0 Å². The summed E-state index contributed by atoms with van der Waals surface area (Å²) < 4.78 is 25.0. The highest BCUT2D eigenvalue weighted by Gasteiger charge is 2.19. The number of amides is 1. The minimum absolute atomic E-state index is 0.0926. The zero-order valence-electron chi connectivity index (χ0n) is 14.1. The van der Waals surface area contributed by atoms with Gasteiger partial charge in [0.25, 0.3) is 0 Å². The van der Waals surface area contributed by atoms with Crippen LogP contribution in [0.3, 0.4) is 0 Å². The summed E-state index contributed by atoms with van der Waals surface area (Å²) in [4.78, 5) is 12.3. The Morgan fingerprint density at radius 1 is 1.04 bits per heavy atom. The summed E-state index contributed by atoms with van der Waals surface area (Å²) >= 11 is 11.9. The number of fused-ring (bicyclic) bond motifs is 1. The lowest BCUT2D eigenvalue weighted by Crippen LogP contribution is -2.25. The van der Waals surface area contributed by atoms with Gasteiger partial charge in [-0.2, -0.15) is 0 Å². The average Bonchev–Trinajstić information content (AvgIpc) is 3.07. The summed E-state index contributed by atoms with van der Waals surface area (Å²) in [5.41, 5.74) is 3.06. The van der Waals surface area contributed by atoms with Crippen LogP contribution in [0.2, 0.25) is 10.0 Å². The molecule has 0 unspecified atom stereocenters. The van der Waals surface area contributed by atoms with E-state index in [1.54, 1.807) is 30.3 Å². The van der Waals surface area contributed by atoms with E-state index in [-0.39, 0.29) is 24.6 Å². The highest BCUT2D eigenvalue weighted by Crippen LogP contribution is 2.25. The quantitative estimate of drug-likeness (QED) is 0.781. The Morgan fingerprint density at radius 3 is 2.58 bits per heavy atom. The van der Waals surface area contributed by atoms with E-state index in [1.807, 2.05) is 6.07 Å². The lowest BCUT2D eigenvalue weighted by atomic mass is 10.1. The molecule has 0 aliphatic heterocycles. The van der Waals surface area contributed by atoms with Crippen molar-refractivity contribution in [2.24, 2.45) is 0 Å². The van der Waals surface area contributed by atoms with Crippen LogP contribution in [0.25, 0.3) is 0 Å². The van der Waals surface area contributed by atoms with Crippen LogP contribution in [0.5, 0.6) is 0 Å². The van der Waals surface area contributed by atoms with E-state index in [1.165, 1.54) is 5.56 Å². The molecule has 1 amide bonds. The molecule has 0 saturated carbocycles. The molecule has 1 N–H and O–H groups in total. The van der Waals surface area contributed by atoms with Gasteiger partial charge in [-0.05, 0) is 60.2 Å². The van der Waals surface area contributed by atoms with Crippen molar-refractivity contribution >= 4 is 38.9 Å². The second kappa shape index (κ2) is 7.99. The van der Waals surface area contributed by atoms with Gasteiger partial charge in [-0.25, -0.2) is 8.42 Å². The van der Waals surface area contributed by atoms with Gasteiger partial charge < -0.3 is 5.32 Å². The predicted molar refractivity (Wildman–Crippen MR) is 103 cm³/mol. The van der Waals surface area contributed by atoms with Crippen LogP contribution >= 0.6 is 23.2 Å². The molecule has 4 nitrogen and oxygen atoms in total. The van der Waals surface area contributed by atoms with Crippen LogP contribution in [0.1, 0.15) is 29.5 Å². The second-order valence-corrected chi connectivity index (χ2v) is 9.32. The SMILES string of the molecule is O=C(CCS(=O)(=O)c1ccc2c(c1)CCC2)NCc1ccc(Cl)cc1Cl. The first-order valence-electron chi connectivity index (χ1n) is 8.40. The number of hydrogen-bond donors (Lipinski definition) is 1. The molecule has 7 heteroatoms. The Labute approximate surface area is 163 Å². The molecular formula is C19H19Cl2NO3S. The molecule has 2 aromatic rings. The van der Waals surface area contributed by atoms with E-state index >= 15 is 0 Å². The summed E-state index contributed by atoms with van der Waals surface area (Å²) in [5, 5.41) is 3.67. The van der Waals surface area contributed by atoms with Gasteiger partial charge in [0.1, 0.15) is 0 Å². The number of nitrogens with one attached hydrogen (secondary N) is 1. The Kier molecular flexibility index (Phi) is 5.90. The van der Waals surface area contributed by atoms with Crippen molar-refractivity contribution in [1.29, 1.82) is 0 Å². The van der Waals surface area contributed by atoms with Gasteiger partial charge in [0.05, 0.1) is 10.6 Å². The molecule has 1 aliphatic rings. The molecule has 0 atom stereocenters. The first-order valence-corrected chi connectivity index (χ1v) is 10.8. The van der Waals surface area contributed by atoms with E-state index in [0.717, 1.165) is 30.4 Å². The summed E-state index contributed by atoms with van der Waals surface area (Å²) in [5.74, 6) is -0.549. The number of sulfone groups is 1. The molecule has 0 fully saturated rings. The summed E-state index contributed by atoms with van der Waals surface area (Å²) in [6.07, 6.45) is 2.89. The van der Waals surface area contributed by atoms with Gasteiger partial charge in [0.2, 0.25) is 5.91 Å². The molecule has 0 saturated heterocycles. The van der Waals surface area contributed by atoms with Crippen molar-refractivity contribution in [3.63, 3.8) is 0 Å². The molecule has 0 radical (unpaired) electrons. The third-order valence-corrected chi connectivity index (χ3v) is 6.82. The van der Waals surface area contributed by atoms with Crippen LogP contribution in [-0.4, -0.2) is 20.1 Å². The fourth-order valence-corrected chi connectivity index (χ4v) is 4.80. The Bertz CT molecular complexity index is 942. The maximum Gasteiger partial charge on any atom is 0.221 e. The molecule has 0 heterocycles. The Hall–Kier alpha value is -1.56. The number of hydrogen-bond acceptors (Lipinski definition) is 3. The fraction of sp³-hybridized carbons (Fsp3) is 0.316. The number of carbonyl (C=O) groups is 1. The molecule has 0 aromatic heterocycles. The minimum Gasteiger partial charge on any atom is -0.352 e. The van der Waals surface area contributed by atoms with Crippen molar-refractivity contribution in [1.82, 2.24) is 5.32 Å². The van der Waals surface area contributed by atoms with E-state index in [9.17, 15) is 13.2 Å². The van der Waals surface area contributed by atoms with E-state index in [4.69, 9.17) is 23.2 Å². The second-order valence-electron chi connectivity index (χ2n) is 6.37. The lowest BCUT2D eigenvalue weighted by molar-refractivity contribution is -0.120. The highest BCUT2D eigenvalue weighted by atomic mass is 35.5. The predicted octanol–water partition coefficient (Wildman–Crippen LogP) is 3.96. The summed E-state index contributed by atoms with van der Waals surface area (Å²) in [6, 6.07) is 10.3. The molecule has 138 valence electrons. The first-order chi connectivity index (χ1) is 12.3. The van der Waals surface area contributed by atoms with E-state index in [0.29, 0.717) is 14.9 Å². The van der Waals surface area contributed by atoms with Crippen LogP contribution in [0.4, 0.5) is 0 Å². The third-order valence-electron chi connectivity index (χ3n) is 4.52. The van der Waals surface area contributed by atoms with Crippen molar-refractivity contribution in [3.8, 4) is 0 Å². The largest absolute Gasteiger partial charge is 0.352 e. The molecule has 26 heavy (non-hydrogen) atoms. The standard InChI is InChI=1S/C19H19Cl2NO3S/c20-16-6-4-15(18(21)11-16)12-22-19(23)8-9-26(24,25)17-7-5-13-2-1-3-14(13)10-17/h4-7,10-11H,1-3,8-9,12H2,(H,22,23). The van der Waals surface area contributed by atoms with Crippen LogP contribution in [-0.2, 0) is 34.0 Å². The lowest BCUT2D eigenvalue weighted by Gasteiger charge is -2.09. The average molecular weight is 412 g/mol. The third kappa shape index (κ3) is 4.58. The van der Waals surface area contributed by atoms with Crippen molar-refractivity contribution in [2.45, 2.75) is 37.1 Å². The molecule has 1 aliphatic carbocycles. The topological polar surface area (TPSA) is 63.2 Å². The zero-order valence-corrected chi connectivity index (χ0v) is 16.4. The molecule has 2 aromatic carbocycles. The van der Waals surface area contributed by atoms with Gasteiger partial charge in [0.15, 0.2) is 9.84 Å². The minimum atomic E-state index is -3.48. The fourth-order valence-electron chi connectivity index (χ4n) is 3.03.